The van der Waals surface area contributed by atoms with E-state index < -0.39 is 6.04 Å². The third kappa shape index (κ3) is 2.38. The lowest BCUT2D eigenvalue weighted by Gasteiger charge is -2.32. The maximum Gasteiger partial charge on any atom is 0.256 e. The van der Waals surface area contributed by atoms with Gasteiger partial charge in [-0.15, -0.1) is 0 Å². The minimum atomic E-state index is -0.444. The van der Waals surface area contributed by atoms with Gasteiger partial charge in [0.15, 0.2) is 0 Å². The molecule has 1 aliphatic rings. The summed E-state index contributed by atoms with van der Waals surface area (Å²) in [6.45, 7) is 1.69. The van der Waals surface area contributed by atoms with Crippen LogP contribution in [0.2, 0.25) is 5.02 Å². The third-order valence-electron chi connectivity index (χ3n) is 2.66. The number of nitrogens with zero attached hydrogens (tertiary/aromatic N) is 3. The standard InChI is InChI=1S/C11H11ClN4O/c12-10-7-14-2-1-9(10)11(17)16-4-3-15-6-8(16)5-13/h1-2,7-8,15H,3-4,6H2. The van der Waals surface area contributed by atoms with Gasteiger partial charge in [0.25, 0.3) is 5.91 Å². The molecule has 88 valence electrons. The van der Waals surface area contributed by atoms with Gasteiger partial charge in [-0.1, -0.05) is 11.6 Å². The molecule has 1 saturated heterocycles. The fourth-order valence-electron chi connectivity index (χ4n) is 1.77. The van der Waals surface area contributed by atoms with Gasteiger partial charge in [0, 0.05) is 32.0 Å². The molecule has 0 bridgehead atoms. The molecule has 1 unspecified atom stereocenters. The number of carbonyl (C=O) groups excluding carboxylic acids is 1. The van der Waals surface area contributed by atoms with Crippen LogP contribution in [0.1, 0.15) is 10.4 Å². The molecule has 1 aromatic rings. The second-order valence-electron chi connectivity index (χ2n) is 3.70. The molecule has 5 nitrogen and oxygen atoms in total. The minimum absolute atomic E-state index is 0.217. The Morgan fingerprint density at radius 3 is 3.24 bits per heavy atom. The van der Waals surface area contributed by atoms with E-state index in [9.17, 15) is 4.79 Å². The number of piperazine rings is 1. The maximum atomic E-state index is 12.2. The second-order valence-corrected chi connectivity index (χ2v) is 4.11. The van der Waals surface area contributed by atoms with Gasteiger partial charge in [-0.3, -0.25) is 9.78 Å². The average molecular weight is 251 g/mol. The third-order valence-corrected chi connectivity index (χ3v) is 2.96. The monoisotopic (exact) mass is 250 g/mol. The first-order chi connectivity index (χ1) is 8.24. The predicted octanol–water partition coefficient (Wildman–Crippen LogP) is 0.673. The predicted molar refractivity (Wildman–Crippen MR) is 62.6 cm³/mol. The highest BCUT2D eigenvalue weighted by molar-refractivity contribution is 6.33. The summed E-state index contributed by atoms with van der Waals surface area (Å²) in [4.78, 5) is 17.6. The van der Waals surface area contributed by atoms with Crippen molar-refractivity contribution in [2.45, 2.75) is 6.04 Å². The van der Waals surface area contributed by atoms with Crippen molar-refractivity contribution in [1.29, 1.82) is 5.26 Å². The molecule has 0 aromatic carbocycles. The van der Waals surface area contributed by atoms with Gasteiger partial charge >= 0.3 is 0 Å². The van der Waals surface area contributed by atoms with Crippen molar-refractivity contribution in [3.05, 3.63) is 29.0 Å². The Hall–Kier alpha value is -1.64. The topological polar surface area (TPSA) is 69.0 Å². The molecular formula is C11H11ClN4O. The molecule has 6 heteroatoms. The van der Waals surface area contributed by atoms with Crippen LogP contribution in [0, 0.1) is 11.3 Å². The lowest BCUT2D eigenvalue weighted by Crippen LogP contribution is -2.53. The normalized spacial score (nSPS) is 19.8. The number of nitrogens with one attached hydrogen (secondary N) is 1. The summed E-state index contributed by atoms with van der Waals surface area (Å²) in [6.07, 6.45) is 2.95. The van der Waals surface area contributed by atoms with Crippen molar-refractivity contribution in [1.82, 2.24) is 15.2 Å². The summed E-state index contributed by atoms with van der Waals surface area (Å²) in [5, 5.41) is 12.4. The van der Waals surface area contributed by atoms with E-state index in [1.807, 2.05) is 0 Å². The summed E-state index contributed by atoms with van der Waals surface area (Å²) in [6, 6.07) is 3.23. The van der Waals surface area contributed by atoms with Crippen molar-refractivity contribution in [3.63, 3.8) is 0 Å². The van der Waals surface area contributed by atoms with Crippen molar-refractivity contribution in [3.8, 4) is 6.07 Å². The number of nitriles is 1. The van der Waals surface area contributed by atoms with Gasteiger partial charge in [0.05, 0.1) is 16.7 Å². The molecule has 0 spiro atoms. The zero-order valence-electron chi connectivity index (χ0n) is 9.06. The highest BCUT2D eigenvalue weighted by atomic mass is 35.5. The molecule has 0 radical (unpaired) electrons. The molecule has 17 heavy (non-hydrogen) atoms. The largest absolute Gasteiger partial charge is 0.320 e. The van der Waals surface area contributed by atoms with Crippen LogP contribution in [0.3, 0.4) is 0 Å². The Kier molecular flexibility index (Phi) is 3.57. The van der Waals surface area contributed by atoms with Crippen molar-refractivity contribution in [2.24, 2.45) is 0 Å². The van der Waals surface area contributed by atoms with E-state index in [2.05, 4.69) is 16.4 Å². The first-order valence-corrected chi connectivity index (χ1v) is 5.62. The quantitative estimate of drug-likeness (QED) is 0.796. The van der Waals surface area contributed by atoms with E-state index >= 15 is 0 Å². The number of pyridine rings is 1. The minimum Gasteiger partial charge on any atom is -0.320 e. The van der Waals surface area contributed by atoms with Crippen LogP contribution < -0.4 is 5.32 Å². The molecule has 2 rings (SSSR count). The SMILES string of the molecule is N#CC1CNCCN1C(=O)c1ccncc1Cl. The van der Waals surface area contributed by atoms with Gasteiger partial charge in [-0.25, -0.2) is 0 Å². The summed E-state index contributed by atoms with van der Waals surface area (Å²) in [5.41, 5.74) is 0.392. The van der Waals surface area contributed by atoms with Crippen molar-refractivity contribution >= 4 is 17.5 Å². The molecule has 2 heterocycles. The average Bonchev–Trinajstić information content (AvgIpc) is 2.38. The number of hydrogen-bond donors (Lipinski definition) is 1. The van der Waals surface area contributed by atoms with Crippen molar-refractivity contribution < 1.29 is 4.79 Å². The molecule has 1 fully saturated rings. The Morgan fingerprint density at radius 2 is 2.53 bits per heavy atom. The molecule has 1 amide bonds. The van der Waals surface area contributed by atoms with Gasteiger partial charge in [0.2, 0.25) is 0 Å². The first-order valence-electron chi connectivity index (χ1n) is 5.25. The number of amides is 1. The van der Waals surface area contributed by atoms with E-state index in [0.717, 1.165) is 0 Å². The molecular weight excluding hydrogens is 240 g/mol. The molecule has 1 aromatic heterocycles. The zero-order chi connectivity index (χ0) is 12.3. The molecule has 0 saturated carbocycles. The van der Waals surface area contributed by atoms with E-state index in [1.165, 1.54) is 17.3 Å². The summed E-state index contributed by atoms with van der Waals surface area (Å²) < 4.78 is 0. The zero-order valence-corrected chi connectivity index (χ0v) is 9.81. The van der Waals surface area contributed by atoms with Gasteiger partial charge in [-0.2, -0.15) is 5.26 Å². The number of rotatable bonds is 1. The molecule has 1 N–H and O–H groups in total. The van der Waals surface area contributed by atoms with Gasteiger partial charge in [-0.05, 0) is 6.07 Å². The lowest BCUT2D eigenvalue weighted by molar-refractivity contribution is 0.0687. The van der Waals surface area contributed by atoms with Crippen LogP contribution in [0.4, 0.5) is 0 Å². The highest BCUT2D eigenvalue weighted by Crippen LogP contribution is 2.17. The van der Waals surface area contributed by atoms with Crippen LogP contribution in [0.15, 0.2) is 18.5 Å². The maximum absolute atomic E-state index is 12.2. The molecule has 0 aliphatic carbocycles. The van der Waals surface area contributed by atoms with Crippen LogP contribution in [-0.2, 0) is 0 Å². The number of hydrogen-bond acceptors (Lipinski definition) is 4. The van der Waals surface area contributed by atoms with Crippen LogP contribution >= 0.6 is 11.6 Å². The summed E-state index contributed by atoms with van der Waals surface area (Å²) in [5.74, 6) is -0.217. The number of aromatic nitrogens is 1. The molecule has 1 aliphatic heterocycles. The lowest BCUT2D eigenvalue weighted by atomic mass is 10.1. The number of halogens is 1. The smallest absolute Gasteiger partial charge is 0.256 e. The van der Waals surface area contributed by atoms with Crippen LogP contribution in [0.5, 0.6) is 0 Å². The Bertz CT molecular complexity index is 471. The first kappa shape index (κ1) is 11.8. The van der Waals surface area contributed by atoms with E-state index in [-0.39, 0.29) is 5.91 Å². The fraction of sp³-hybridized carbons (Fsp3) is 0.364. The number of carbonyl (C=O) groups is 1. The van der Waals surface area contributed by atoms with Crippen LogP contribution in [0.25, 0.3) is 0 Å². The summed E-state index contributed by atoms with van der Waals surface area (Å²) >= 11 is 5.92. The van der Waals surface area contributed by atoms with E-state index in [0.29, 0.717) is 30.2 Å². The van der Waals surface area contributed by atoms with Gasteiger partial charge < -0.3 is 10.2 Å². The van der Waals surface area contributed by atoms with E-state index in [4.69, 9.17) is 16.9 Å². The van der Waals surface area contributed by atoms with Crippen LogP contribution in [-0.4, -0.2) is 41.5 Å². The second kappa shape index (κ2) is 5.13. The molecule has 1 atom stereocenters. The Balaban J connectivity index is 2.25. The summed E-state index contributed by atoms with van der Waals surface area (Å²) in [7, 11) is 0. The van der Waals surface area contributed by atoms with E-state index in [1.54, 1.807) is 6.07 Å². The highest BCUT2D eigenvalue weighted by Gasteiger charge is 2.28. The van der Waals surface area contributed by atoms with Gasteiger partial charge in [0.1, 0.15) is 6.04 Å². The Morgan fingerprint density at radius 1 is 1.71 bits per heavy atom. The van der Waals surface area contributed by atoms with Crippen molar-refractivity contribution in [2.75, 3.05) is 19.6 Å². The fourth-order valence-corrected chi connectivity index (χ4v) is 1.97. The Labute approximate surface area is 104 Å².